The van der Waals surface area contributed by atoms with Crippen LogP contribution in [0.25, 0.3) is 10.9 Å². The molecule has 0 spiro atoms. The van der Waals surface area contributed by atoms with Crippen molar-refractivity contribution in [3.8, 4) is 5.75 Å². The van der Waals surface area contributed by atoms with Gasteiger partial charge in [0.25, 0.3) is 0 Å². The van der Waals surface area contributed by atoms with Crippen LogP contribution < -0.4 is 4.74 Å². The molecule has 4 aliphatic rings. The van der Waals surface area contributed by atoms with Gasteiger partial charge in [0.2, 0.25) is 0 Å². The first-order valence-corrected chi connectivity index (χ1v) is 20.3. The van der Waals surface area contributed by atoms with Crippen molar-refractivity contribution >= 4 is 28.6 Å². The fourth-order valence-corrected chi connectivity index (χ4v) is 9.84. The van der Waals surface area contributed by atoms with E-state index in [4.69, 9.17) is 33.2 Å². The number of hydrogen-bond acceptors (Lipinski definition) is 13. The maximum absolute atomic E-state index is 14.6. The van der Waals surface area contributed by atoms with E-state index in [0.29, 0.717) is 18.6 Å². The second-order valence-corrected chi connectivity index (χ2v) is 17.4. The van der Waals surface area contributed by atoms with Crippen molar-refractivity contribution in [3.05, 3.63) is 36.5 Å². The maximum atomic E-state index is 14.6. The number of benzene rings is 1. The lowest BCUT2D eigenvalue weighted by Gasteiger charge is -2.48. The summed E-state index contributed by atoms with van der Waals surface area (Å²) in [6.07, 6.45) is -2.47. The second kappa shape index (κ2) is 17.0. The Kier molecular flexibility index (Phi) is 12.8. The Morgan fingerprint density at radius 2 is 1.73 bits per heavy atom. The fourth-order valence-electron chi connectivity index (χ4n) is 9.84. The van der Waals surface area contributed by atoms with Crippen LogP contribution in [0.1, 0.15) is 81.1 Å². The Labute approximate surface area is 331 Å². The highest BCUT2D eigenvalue weighted by atomic mass is 16.7. The van der Waals surface area contributed by atoms with E-state index >= 15 is 0 Å². The van der Waals surface area contributed by atoms with E-state index in [0.717, 1.165) is 10.9 Å². The van der Waals surface area contributed by atoms with Gasteiger partial charge in [-0.05, 0) is 79.3 Å². The van der Waals surface area contributed by atoms with Crippen LogP contribution in [0.2, 0.25) is 0 Å². The van der Waals surface area contributed by atoms with Gasteiger partial charge >= 0.3 is 11.9 Å². The van der Waals surface area contributed by atoms with Gasteiger partial charge in [0, 0.05) is 41.3 Å². The van der Waals surface area contributed by atoms with Crippen molar-refractivity contribution < 1.29 is 52.6 Å². The molecular weight excluding hydrogens is 720 g/mol. The van der Waals surface area contributed by atoms with Gasteiger partial charge in [-0.1, -0.05) is 39.8 Å². The number of carbonyl (C=O) groups excluding carboxylic acids is 3. The predicted octanol–water partition coefficient (Wildman–Crippen LogP) is 5.13. The van der Waals surface area contributed by atoms with E-state index < -0.39 is 89.5 Å². The number of likely N-dealkylation sites (N-methyl/N-ethyl adjacent to an activating group) is 1. The number of hydrogen-bond donors (Lipinski definition) is 1. The third-order valence-corrected chi connectivity index (χ3v) is 13.0. The first-order chi connectivity index (χ1) is 26.5. The normalized spacial score (nSPS) is 41.6. The molecule has 310 valence electrons. The molecule has 15 atom stereocenters. The molecule has 2 aromatic rings. The number of aromatic nitrogens is 1. The minimum Gasteiger partial charge on any atom is -0.485 e. The van der Waals surface area contributed by atoms with Gasteiger partial charge in [-0.15, -0.1) is 0 Å². The molecule has 0 saturated carbocycles. The molecule has 0 amide bonds. The molecule has 6 rings (SSSR count). The van der Waals surface area contributed by atoms with Crippen molar-refractivity contribution in [2.24, 2.45) is 29.6 Å². The number of aliphatic hydroxyl groups is 1. The summed E-state index contributed by atoms with van der Waals surface area (Å²) in [5.74, 6) is -3.52. The zero-order valence-corrected chi connectivity index (χ0v) is 34.6. The molecule has 13 nitrogen and oxygen atoms in total. The van der Waals surface area contributed by atoms with Gasteiger partial charge in [-0.3, -0.25) is 19.4 Å². The number of nitrogens with zero attached hydrogens (tertiary/aromatic N) is 2. The Morgan fingerprint density at radius 3 is 2.45 bits per heavy atom. The summed E-state index contributed by atoms with van der Waals surface area (Å²) in [5.41, 5.74) is -1.64. The summed E-state index contributed by atoms with van der Waals surface area (Å²) in [4.78, 5) is 48.4. The molecule has 1 aromatic carbocycles. The monoisotopic (exact) mass is 782 g/mol. The lowest BCUT2D eigenvalue weighted by atomic mass is 9.70. The summed E-state index contributed by atoms with van der Waals surface area (Å²) in [6.45, 7) is 15.0. The zero-order valence-electron chi connectivity index (χ0n) is 34.6. The molecule has 4 saturated heterocycles. The minimum atomic E-state index is -1.21. The van der Waals surface area contributed by atoms with Crippen molar-refractivity contribution in [2.75, 3.05) is 27.3 Å². The van der Waals surface area contributed by atoms with Crippen molar-refractivity contribution in [2.45, 2.75) is 141 Å². The van der Waals surface area contributed by atoms with Crippen LogP contribution in [0.4, 0.5) is 0 Å². The first-order valence-electron chi connectivity index (χ1n) is 20.3. The molecule has 1 N–H and O–H groups in total. The van der Waals surface area contributed by atoms with Crippen molar-refractivity contribution in [3.63, 3.8) is 0 Å². The number of cyclic esters (lactones) is 1. The molecule has 2 bridgehead atoms. The Balaban J connectivity index is 1.45. The molecule has 56 heavy (non-hydrogen) atoms. The summed E-state index contributed by atoms with van der Waals surface area (Å²) in [7, 11) is 3.83. The quantitative estimate of drug-likeness (QED) is 0.386. The summed E-state index contributed by atoms with van der Waals surface area (Å²) >= 11 is 0. The minimum absolute atomic E-state index is 0.0346. The number of aliphatic hydroxyl groups excluding tert-OH is 1. The van der Waals surface area contributed by atoms with Crippen LogP contribution in [-0.2, 0) is 42.8 Å². The van der Waals surface area contributed by atoms with Gasteiger partial charge in [0.15, 0.2) is 6.29 Å². The summed E-state index contributed by atoms with van der Waals surface area (Å²) in [6, 6.07) is 9.25. The van der Waals surface area contributed by atoms with Gasteiger partial charge in [-0.25, -0.2) is 0 Å². The van der Waals surface area contributed by atoms with Gasteiger partial charge in [-0.2, -0.15) is 0 Å². The molecule has 1 unspecified atom stereocenters. The van der Waals surface area contributed by atoms with Gasteiger partial charge < -0.3 is 43.2 Å². The zero-order chi connectivity index (χ0) is 40.7. The number of ether oxygens (including phenoxy) is 7. The molecule has 4 aliphatic heterocycles. The summed E-state index contributed by atoms with van der Waals surface area (Å²) < 4.78 is 46.0. The largest absolute Gasteiger partial charge is 0.485 e. The van der Waals surface area contributed by atoms with Crippen LogP contribution in [0, 0.1) is 29.6 Å². The third-order valence-electron chi connectivity index (χ3n) is 13.0. The number of ketones is 1. The van der Waals surface area contributed by atoms with Crippen molar-refractivity contribution in [1.82, 2.24) is 9.88 Å². The van der Waals surface area contributed by atoms with Crippen LogP contribution in [0.15, 0.2) is 36.5 Å². The lowest BCUT2D eigenvalue weighted by Crippen LogP contribution is -2.60. The Bertz CT molecular complexity index is 1720. The SMILES string of the molecule is CC[C@H]1OC(=O)[C@H](C)[C@H]2OCC(Oc3ccnc4ccccc34)CO[C@](C)(C[C@@H](C)C(=O)[C@H](C)[C@@H]3CC(=O)O[C@]13C)[C@H](O[C@@H]1O[C@H](C)C[C@H](N(C)C)[C@H]1O)[C@@H]2C. The van der Waals surface area contributed by atoms with E-state index in [9.17, 15) is 19.5 Å². The molecule has 5 heterocycles. The summed E-state index contributed by atoms with van der Waals surface area (Å²) in [5, 5.41) is 12.5. The lowest BCUT2D eigenvalue weighted by molar-refractivity contribution is -0.303. The van der Waals surface area contributed by atoms with E-state index in [-0.39, 0.29) is 44.0 Å². The molecule has 13 heteroatoms. The topological polar surface area (TPSA) is 152 Å². The molecular formula is C43H62N2O11. The first kappa shape index (κ1) is 42.4. The average Bonchev–Trinajstić information content (AvgIpc) is 3.49. The standard InChI is InChI=1S/C43H62N2O11/c1-11-34-43(8)30(19-35(46)56-43)25(4)36(47)23(2)20-42(7)39(55-41-37(48)32(45(9)10)18-24(3)52-41)26(5)38(27(6)40(49)54-34)50-21-28(22-51-42)53-33-16-17-44-31-15-13-12-14-29(31)33/h12-17,23-28,30,32,34,37-39,41,48H,11,18-22H2,1-10H3/t23-,24-,25-,26-,27-,28?,30+,32+,34-,37-,38+,39-,41+,42-,43+/m1/s1. The highest BCUT2D eigenvalue weighted by Gasteiger charge is 2.57. The van der Waals surface area contributed by atoms with E-state index in [1.807, 2.05) is 84.8 Å². The average molecular weight is 783 g/mol. The Morgan fingerprint density at radius 1 is 1.00 bits per heavy atom. The molecule has 0 aliphatic carbocycles. The highest BCUT2D eigenvalue weighted by Crippen LogP contribution is 2.46. The number of esters is 2. The molecule has 4 fully saturated rings. The maximum Gasteiger partial charge on any atom is 0.311 e. The predicted molar refractivity (Wildman–Crippen MR) is 207 cm³/mol. The number of pyridine rings is 1. The third kappa shape index (κ3) is 8.35. The van der Waals surface area contributed by atoms with Crippen LogP contribution in [0.3, 0.4) is 0 Å². The van der Waals surface area contributed by atoms with E-state index in [2.05, 4.69) is 4.98 Å². The second-order valence-electron chi connectivity index (χ2n) is 17.4. The van der Waals surface area contributed by atoms with E-state index in [1.54, 1.807) is 26.1 Å². The smallest absolute Gasteiger partial charge is 0.311 e. The van der Waals surface area contributed by atoms with Crippen LogP contribution >= 0.6 is 0 Å². The van der Waals surface area contributed by atoms with Gasteiger partial charge in [0.1, 0.15) is 35.4 Å². The number of rotatable bonds is 6. The number of Topliss-reactive ketones (excluding diaryl/α,β-unsaturated/α-hetero) is 1. The van der Waals surface area contributed by atoms with Gasteiger partial charge in [0.05, 0.1) is 55.0 Å². The number of fused-ring (bicyclic) bond motifs is 5. The molecule has 1 aromatic heterocycles. The van der Waals surface area contributed by atoms with Crippen molar-refractivity contribution in [1.29, 1.82) is 0 Å². The van der Waals surface area contributed by atoms with Crippen LogP contribution in [0.5, 0.6) is 5.75 Å². The highest BCUT2D eigenvalue weighted by molar-refractivity contribution is 5.85. The number of para-hydroxylation sites is 1. The number of carbonyl (C=O) groups is 3. The molecule has 0 radical (unpaired) electrons. The van der Waals surface area contributed by atoms with E-state index in [1.165, 1.54) is 0 Å². The fraction of sp³-hybridized carbons (Fsp3) is 0.721. The van der Waals surface area contributed by atoms with Crippen LogP contribution in [-0.4, -0.2) is 120 Å². The Hall–Kier alpha value is -3.20.